The molecule has 1 amide bonds. The minimum Gasteiger partial charge on any atom is -0.399 e. The molecule has 1 saturated heterocycles. The van der Waals surface area contributed by atoms with Crippen LogP contribution in [0.4, 0.5) is 5.69 Å². The van der Waals surface area contributed by atoms with E-state index in [4.69, 9.17) is 5.73 Å². The lowest BCUT2D eigenvalue weighted by Gasteiger charge is -2.38. The molecular formula is C17H24N2O. The number of amides is 1. The Kier molecular flexibility index (Phi) is 3.23. The Morgan fingerprint density at radius 1 is 1.25 bits per heavy atom. The number of hydrogen-bond acceptors (Lipinski definition) is 2. The van der Waals surface area contributed by atoms with E-state index < -0.39 is 0 Å². The Hall–Kier alpha value is -1.51. The molecule has 1 aliphatic heterocycles. The van der Waals surface area contributed by atoms with Crippen LogP contribution in [0.2, 0.25) is 0 Å². The third-order valence-corrected chi connectivity index (χ3v) is 5.02. The van der Waals surface area contributed by atoms with Gasteiger partial charge in [-0.1, -0.05) is 19.1 Å². The van der Waals surface area contributed by atoms with E-state index in [1.807, 2.05) is 24.3 Å². The summed E-state index contributed by atoms with van der Waals surface area (Å²) >= 11 is 0. The van der Waals surface area contributed by atoms with Crippen LogP contribution in [-0.2, 0) is 10.2 Å². The second kappa shape index (κ2) is 4.80. The highest BCUT2D eigenvalue weighted by Crippen LogP contribution is 2.50. The first kappa shape index (κ1) is 13.5. The number of nitrogens with zero attached hydrogens (tertiary/aromatic N) is 1. The predicted octanol–water partition coefficient (Wildman–Crippen LogP) is 2.95. The lowest BCUT2D eigenvalue weighted by molar-refractivity contribution is -0.137. The van der Waals surface area contributed by atoms with Crippen molar-refractivity contribution in [1.82, 2.24) is 4.90 Å². The summed E-state index contributed by atoms with van der Waals surface area (Å²) in [7, 11) is 0. The molecule has 108 valence electrons. The van der Waals surface area contributed by atoms with E-state index in [2.05, 4.69) is 18.7 Å². The van der Waals surface area contributed by atoms with Crippen molar-refractivity contribution in [2.45, 2.75) is 51.0 Å². The molecule has 1 aromatic carbocycles. The molecule has 1 saturated carbocycles. The van der Waals surface area contributed by atoms with Crippen molar-refractivity contribution < 1.29 is 4.79 Å². The Morgan fingerprint density at radius 2 is 1.90 bits per heavy atom. The van der Waals surface area contributed by atoms with Crippen LogP contribution in [0.3, 0.4) is 0 Å². The molecular weight excluding hydrogens is 248 g/mol. The zero-order valence-corrected chi connectivity index (χ0v) is 12.4. The van der Waals surface area contributed by atoms with E-state index in [-0.39, 0.29) is 5.41 Å². The average molecular weight is 272 g/mol. The molecule has 1 heterocycles. The quantitative estimate of drug-likeness (QED) is 0.841. The van der Waals surface area contributed by atoms with Crippen LogP contribution in [0.25, 0.3) is 0 Å². The first-order valence-corrected chi connectivity index (χ1v) is 7.70. The van der Waals surface area contributed by atoms with Gasteiger partial charge in [0, 0.05) is 18.3 Å². The van der Waals surface area contributed by atoms with Crippen molar-refractivity contribution in [3.05, 3.63) is 29.8 Å². The van der Waals surface area contributed by atoms with E-state index in [1.165, 1.54) is 0 Å². The minimum absolute atomic E-state index is 0.247. The second-order valence-corrected chi connectivity index (χ2v) is 6.68. The molecule has 20 heavy (non-hydrogen) atoms. The predicted molar refractivity (Wildman–Crippen MR) is 81.3 cm³/mol. The summed E-state index contributed by atoms with van der Waals surface area (Å²) in [5, 5.41) is 0. The molecule has 0 spiro atoms. The lowest BCUT2D eigenvalue weighted by Crippen LogP contribution is -2.48. The van der Waals surface area contributed by atoms with Gasteiger partial charge in [-0.2, -0.15) is 0 Å². The number of anilines is 1. The maximum atomic E-state index is 13.0. The monoisotopic (exact) mass is 272 g/mol. The molecule has 1 aromatic rings. The maximum absolute atomic E-state index is 13.0. The van der Waals surface area contributed by atoms with Crippen LogP contribution in [0.15, 0.2) is 24.3 Å². The molecule has 2 fully saturated rings. The van der Waals surface area contributed by atoms with Gasteiger partial charge in [-0.25, -0.2) is 0 Å². The van der Waals surface area contributed by atoms with Gasteiger partial charge in [0.2, 0.25) is 5.91 Å². The zero-order valence-electron chi connectivity index (χ0n) is 12.4. The van der Waals surface area contributed by atoms with Gasteiger partial charge in [0.05, 0.1) is 5.41 Å². The van der Waals surface area contributed by atoms with E-state index in [9.17, 15) is 4.79 Å². The Bertz CT molecular complexity index is 504. The maximum Gasteiger partial charge on any atom is 0.233 e. The topological polar surface area (TPSA) is 46.3 Å². The molecule has 2 N–H and O–H groups in total. The van der Waals surface area contributed by atoms with E-state index >= 15 is 0 Å². The third-order valence-electron chi connectivity index (χ3n) is 5.02. The van der Waals surface area contributed by atoms with Crippen LogP contribution >= 0.6 is 0 Å². The fourth-order valence-electron chi connectivity index (χ4n) is 3.54. The normalized spacial score (nSPS) is 28.2. The summed E-state index contributed by atoms with van der Waals surface area (Å²) in [5.74, 6) is 1.07. The van der Waals surface area contributed by atoms with Crippen LogP contribution in [0.5, 0.6) is 0 Å². The first-order chi connectivity index (χ1) is 9.53. The zero-order chi connectivity index (χ0) is 14.3. The van der Waals surface area contributed by atoms with Gasteiger partial charge in [-0.15, -0.1) is 0 Å². The second-order valence-electron chi connectivity index (χ2n) is 6.68. The van der Waals surface area contributed by atoms with Crippen LogP contribution in [0, 0.1) is 5.92 Å². The van der Waals surface area contributed by atoms with Gasteiger partial charge < -0.3 is 10.6 Å². The van der Waals surface area contributed by atoms with Gasteiger partial charge in [0.1, 0.15) is 0 Å². The summed E-state index contributed by atoms with van der Waals surface area (Å²) in [5.41, 5.74) is 7.41. The van der Waals surface area contributed by atoms with Crippen molar-refractivity contribution in [2.75, 3.05) is 12.3 Å². The molecule has 0 bridgehead atoms. The number of carbonyl (C=O) groups is 1. The van der Waals surface area contributed by atoms with E-state index in [0.717, 1.165) is 49.4 Å². The van der Waals surface area contributed by atoms with E-state index in [1.54, 1.807) is 0 Å². The van der Waals surface area contributed by atoms with Crippen LogP contribution in [-0.4, -0.2) is 23.4 Å². The molecule has 3 heteroatoms. The minimum atomic E-state index is -0.247. The SMILES string of the molecule is CC1CCN(C(=O)C2(c3ccc(N)cc3)CC2)C(C)C1. The summed E-state index contributed by atoms with van der Waals surface area (Å²) in [6.45, 7) is 5.38. The number of nitrogen functional groups attached to an aromatic ring is 1. The Morgan fingerprint density at radius 3 is 2.45 bits per heavy atom. The summed E-state index contributed by atoms with van der Waals surface area (Å²) < 4.78 is 0. The van der Waals surface area contributed by atoms with Crippen molar-refractivity contribution >= 4 is 11.6 Å². The fourth-order valence-corrected chi connectivity index (χ4v) is 3.54. The highest BCUT2D eigenvalue weighted by molar-refractivity contribution is 5.91. The lowest BCUT2D eigenvalue weighted by atomic mass is 9.89. The van der Waals surface area contributed by atoms with E-state index in [0.29, 0.717) is 11.9 Å². The summed E-state index contributed by atoms with van der Waals surface area (Å²) in [4.78, 5) is 15.1. The third kappa shape index (κ3) is 2.19. The van der Waals surface area contributed by atoms with Gasteiger partial charge in [-0.05, 0) is 56.2 Å². The molecule has 3 rings (SSSR count). The van der Waals surface area contributed by atoms with Crippen molar-refractivity contribution in [3.8, 4) is 0 Å². The number of piperidine rings is 1. The molecule has 2 aliphatic rings. The smallest absolute Gasteiger partial charge is 0.233 e. The molecule has 2 unspecified atom stereocenters. The summed E-state index contributed by atoms with van der Waals surface area (Å²) in [6.07, 6.45) is 4.22. The largest absolute Gasteiger partial charge is 0.399 e. The van der Waals surface area contributed by atoms with Gasteiger partial charge in [-0.3, -0.25) is 4.79 Å². The first-order valence-electron chi connectivity index (χ1n) is 7.70. The van der Waals surface area contributed by atoms with Gasteiger partial charge in [0.25, 0.3) is 0 Å². The highest BCUT2D eigenvalue weighted by Gasteiger charge is 2.53. The number of carbonyl (C=O) groups excluding carboxylic acids is 1. The fraction of sp³-hybridized carbons (Fsp3) is 0.588. The number of likely N-dealkylation sites (tertiary alicyclic amines) is 1. The van der Waals surface area contributed by atoms with Crippen LogP contribution in [0.1, 0.15) is 45.1 Å². The number of hydrogen-bond donors (Lipinski definition) is 1. The molecule has 0 aromatic heterocycles. The standard InChI is InChI=1S/C17H24N2O/c1-12-7-10-19(13(2)11-12)16(20)17(8-9-17)14-3-5-15(18)6-4-14/h3-6,12-13H,7-11,18H2,1-2H3. The summed E-state index contributed by atoms with van der Waals surface area (Å²) in [6, 6.07) is 8.24. The van der Waals surface area contributed by atoms with Crippen molar-refractivity contribution in [1.29, 1.82) is 0 Å². The number of benzene rings is 1. The molecule has 1 aliphatic carbocycles. The van der Waals surface area contributed by atoms with Gasteiger partial charge >= 0.3 is 0 Å². The highest BCUT2D eigenvalue weighted by atomic mass is 16.2. The number of nitrogens with two attached hydrogens (primary N) is 1. The number of rotatable bonds is 2. The van der Waals surface area contributed by atoms with Crippen molar-refractivity contribution in [3.63, 3.8) is 0 Å². The molecule has 2 atom stereocenters. The Balaban J connectivity index is 1.81. The average Bonchev–Trinajstić information content (AvgIpc) is 3.20. The van der Waals surface area contributed by atoms with Gasteiger partial charge in [0.15, 0.2) is 0 Å². The molecule has 3 nitrogen and oxygen atoms in total. The van der Waals surface area contributed by atoms with Crippen LogP contribution < -0.4 is 5.73 Å². The molecule has 0 radical (unpaired) electrons. The Labute approximate surface area is 121 Å². The van der Waals surface area contributed by atoms with Crippen molar-refractivity contribution in [2.24, 2.45) is 5.92 Å².